The van der Waals surface area contributed by atoms with E-state index in [4.69, 9.17) is 10.5 Å². The van der Waals surface area contributed by atoms with E-state index < -0.39 is 0 Å². The molecule has 2 N–H and O–H groups in total. The molecule has 0 saturated carbocycles. The third-order valence-electron chi connectivity index (χ3n) is 3.84. The number of pyridine rings is 1. The van der Waals surface area contributed by atoms with Crippen LogP contribution in [0.2, 0.25) is 0 Å². The van der Waals surface area contributed by atoms with Gasteiger partial charge in [-0.3, -0.25) is 0 Å². The van der Waals surface area contributed by atoms with Crippen LogP contribution in [0, 0.1) is 0 Å². The highest BCUT2D eigenvalue weighted by Crippen LogP contribution is 2.27. The summed E-state index contributed by atoms with van der Waals surface area (Å²) in [7, 11) is 1.64. The van der Waals surface area contributed by atoms with Crippen molar-refractivity contribution in [2.45, 2.75) is 19.0 Å². The number of aromatic nitrogens is 1. The number of hydrogen-bond donors (Lipinski definition) is 1. The predicted octanol–water partition coefficient (Wildman–Crippen LogP) is 1.98. The fourth-order valence-corrected chi connectivity index (χ4v) is 2.74. The number of nitrogens with two attached hydrogens (primary N) is 1. The fraction of sp³-hybridized carbons (Fsp3) is 0.312. The first-order valence-corrected chi connectivity index (χ1v) is 6.86. The Hall–Kier alpha value is -2.07. The lowest BCUT2D eigenvalue weighted by Gasteiger charge is -2.37. The molecule has 1 aromatic heterocycles. The van der Waals surface area contributed by atoms with Gasteiger partial charge in [0.05, 0.1) is 7.11 Å². The Morgan fingerprint density at radius 2 is 2.00 bits per heavy atom. The molecule has 3 rings (SSSR count). The summed E-state index contributed by atoms with van der Waals surface area (Å²) in [6.45, 7) is 1.46. The summed E-state index contributed by atoms with van der Waals surface area (Å²) >= 11 is 0. The minimum atomic E-state index is 0.282. The molecule has 20 heavy (non-hydrogen) atoms. The van der Waals surface area contributed by atoms with Gasteiger partial charge in [-0.15, -0.1) is 0 Å². The SMILES string of the molecule is COc1cccc(N2Cc3ccccc3CC2CN)n1. The second kappa shape index (κ2) is 5.51. The molecule has 4 heteroatoms. The number of fused-ring (bicyclic) bond motifs is 1. The Balaban J connectivity index is 1.95. The highest BCUT2D eigenvalue weighted by atomic mass is 16.5. The molecule has 4 nitrogen and oxygen atoms in total. The van der Waals surface area contributed by atoms with Crippen molar-refractivity contribution in [2.75, 3.05) is 18.6 Å². The van der Waals surface area contributed by atoms with Crippen molar-refractivity contribution in [1.29, 1.82) is 0 Å². The summed E-state index contributed by atoms with van der Waals surface area (Å²) in [5.41, 5.74) is 8.70. The molecule has 104 valence electrons. The number of rotatable bonds is 3. The first-order chi connectivity index (χ1) is 9.81. The van der Waals surface area contributed by atoms with Gasteiger partial charge < -0.3 is 15.4 Å². The summed E-state index contributed by atoms with van der Waals surface area (Å²) in [5.74, 6) is 1.56. The molecule has 0 spiro atoms. The Bertz CT molecular complexity index is 600. The summed E-state index contributed by atoms with van der Waals surface area (Å²) in [6, 6.07) is 14.7. The van der Waals surface area contributed by atoms with E-state index in [-0.39, 0.29) is 6.04 Å². The molecule has 0 fully saturated rings. The van der Waals surface area contributed by atoms with E-state index in [1.165, 1.54) is 11.1 Å². The van der Waals surface area contributed by atoms with Gasteiger partial charge in [0.25, 0.3) is 0 Å². The van der Waals surface area contributed by atoms with Crippen LogP contribution < -0.4 is 15.4 Å². The Kier molecular flexibility index (Phi) is 3.56. The van der Waals surface area contributed by atoms with E-state index in [9.17, 15) is 0 Å². The molecule has 1 unspecified atom stereocenters. The Morgan fingerprint density at radius 3 is 2.75 bits per heavy atom. The van der Waals surface area contributed by atoms with Gasteiger partial charge in [0.15, 0.2) is 0 Å². The Morgan fingerprint density at radius 1 is 1.20 bits per heavy atom. The predicted molar refractivity (Wildman–Crippen MR) is 80.0 cm³/mol. The van der Waals surface area contributed by atoms with E-state index in [0.717, 1.165) is 18.8 Å². The van der Waals surface area contributed by atoms with E-state index >= 15 is 0 Å². The highest BCUT2D eigenvalue weighted by Gasteiger charge is 2.26. The molecule has 0 aliphatic carbocycles. The largest absolute Gasteiger partial charge is 0.481 e. The van der Waals surface area contributed by atoms with Crippen molar-refractivity contribution in [3.8, 4) is 5.88 Å². The van der Waals surface area contributed by atoms with Crippen molar-refractivity contribution in [2.24, 2.45) is 5.73 Å². The number of anilines is 1. The lowest BCUT2D eigenvalue weighted by atomic mass is 9.94. The highest BCUT2D eigenvalue weighted by molar-refractivity contribution is 5.47. The van der Waals surface area contributed by atoms with E-state index in [0.29, 0.717) is 12.4 Å². The van der Waals surface area contributed by atoms with Gasteiger partial charge in [0.2, 0.25) is 5.88 Å². The van der Waals surface area contributed by atoms with Gasteiger partial charge in [0, 0.05) is 25.2 Å². The van der Waals surface area contributed by atoms with Crippen molar-refractivity contribution >= 4 is 5.82 Å². The zero-order chi connectivity index (χ0) is 13.9. The van der Waals surface area contributed by atoms with Crippen LogP contribution in [0.5, 0.6) is 5.88 Å². The normalized spacial score (nSPS) is 17.7. The van der Waals surface area contributed by atoms with Crippen LogP contribution in [0.4, 0.5) is 5.82 Å². The topological polar surface area (TPSA) is 51.4 Å². The zero-order valence-corrected chi connectivity index (χ0v) is 11.6. The van der Waals surface area contributed by atoms with Gasteiger partial charge in [-0.2, -0.15) is 4.98 Å². The minimum absolute atomic E-state index is 0.282. The van der Waals surface area contributed by atoms with Gasteiger partial charge in [-0.1, -0.05) is 30.3 Å². The van der Waals surface area contributed by atoms with E-state index in [1.807, 2.05) is 18.2 Å². The zero-order valence-electron chi connectivity index (χ0n) is 11.6. The monoisotopic (exact) mass is 269 g/mol. The molecular weight excluding hydrogens is 250 g/mol. The first kappa shape index (κ1) is 12.9. The van der Waals surface area contributed by atoms with Crippen molar-refractivity contribution in [3.63, 3.8) is 0 Å². The minimum Gasteiger partial charge on any atom is -0.481 e. The van der Waals surface area contributed by atoms with Crippen LogP contribution in [0.15, 0.2) is 42.5 Å². The molecule has 1 aromatic carbocycles. The maximum atomic E-state index is 5.96. The van der Waals surface area contributed by atoms with Crippen LogP contribution >= 0.6 is 0 Å². The first-order valence-electron chi connectivity index (χ1n) is 6.86. The molecule has 1 atom stereocenters. The molecule has 2 heterocycles. The maximum absolute atomic E-state index is 5.96. The second-order valence-electron chi connectivity index (χ2n) is 5.03. The van der Waals surface area contributed by atoms with Crippen LogP contribution in [0.3, 0.4) is 0 Å². The standard InChI is InChI=1S/C16H19N3O/c1-20-16-8-4-7-15(18-16)19-11-13-6-3-2-5-12(13)9-14(19)10-17/h2-8,14H,9-11,17H2,1H3. The van der Waals surface area contributed by atoms with Gasteiger partial charge in [-0.05, 0) is 23.6 Å². The summed E-state index contributed by atoms with van der Waals surface area (Å²) in [6.07, 6.45) is 0.964. The summed E-state index contributed by atoms with van der Waals surface area (Å²) in [4.78, 5) is 6.80. The molecule has 0 amide bonds. The smallest absolute Gasteiger partial charge is 0.214 e. The molecule has 1 aliphatic heterocycles. The number of benzene rings is 1. The molecule has 1 aliphatic rings. The van der Waals surface area contributed by atoms with Crippen LogP contribution in [-0.2, 0) is 13.0 Å². The van der Waals surface area contributed by atoms with Crippen LogP contribution in [-0.4, -0.2) is 24.7 Å². The molecule has 0 saturated heterocycles. The molecule has 2 aromatic rings. The number of methoxy groups -OCH3 is 1. The Labute approximate surface area is 119 Å². The van der Waals surface area contributed by atoms with Crippen molar-refractivity contribution < 1.29 is 4.74 Å². The molecule has 0 radical (unpaired) electrons. The van der Waals surface area contributed by atoms with Crippen LogP contribution in [0.1, 0.15) is 11.1 Å². The van der Waals surface area contributed by atoms with Crippen molar-refractivity contribution in [1.82, 2.24) is 4.98 Å². The fourth-order valence-electron chi connectivity index (χ4n) is 2.74. The molecular formula is C16H19N3O. The maximum Gasteiger partial charge on any atom is 0.214 e. The lowest BCUT2D eigenvalue weighted by Crippen LogP contribution is -2.45. The number of hydrogen-bond acceptors (Lipinski definition) is 4. The summed E-state index contributed by atoms with van der Waals surface area (Å²) < 4.78 is 5.21. The number of ether oxygens (including phenoxy) is 1. The second-order valence-corrected chi connectivity index (χ2v) is 5.03. The van der Waals surface area contributed by atoms with E-state index in [2.05, 4.69) is 34.1 Å². The number of nitrogens with zero attached hydrogens (tertiary/aromatic N) is 2. The average Bonchev–Trinajstić information content (AvgIpc) is 2.53. The third-order valence-corrected chi connectivity index (χ3v) is 3.84. The molecule has 0 bridgehead atoms. The van der Waals surface area contributed by atoms with Crippen LogP contribution in [0.25, 0.3) is 0 Å². The van der Waals surface area contributed by atoms with Gasteiger partial charge in [0.1, 0.15) is 5.82 Å². The summed E-state index contributed by atoms with van der Waals surface area (Å²) in [5, 5.41) is 0. The quantitative estimate of drug-likeness (QED) is 0.925. The van der Waals surface area contributed by atoms with Crippen molar-refractivity contribution in [3.05, 3.63) is 53.6 Å². The van der Waals surface area contributed by atoms with Gasteiger partial charge >= 0.3 is 0 Å². The van der Waals surface area contributed by atoms with Gasteiger partial charge in [-0.25, -0.2) is 0 Å². The average molecular weight is 269 g/mol. The third kappa shape index (κ3) is 2.34. The lowest BCUT2D eigenvalue weighted by molar-refractivity contribution is 0.397. The van der Waals surface area contributed by atoms with E-state index in [1.54, 1.807) is 7.11 Å².